The molecule has 0 spiro atoms. The van der Waals surface area contributed by atoms with Crippen LogP contribution in [-0.4, -0.2) is 23.7 Å². The van der Waals surface area contributed by atoms with E-state index in [0.29, 0.717) is 18.1 Å². The van der Waals surface area contributed by atoms with Gasteiger partial charge >= 0.3 is 0 Å². The zero-order valence-electron chi connectivity index (χ0n) is 9.42. The van der Waals surface area contributed by atoms with E-state index in [0.717, 1.165) is 5.56 Å². The number of carbonyl (C=O) groups excluding carboxylic acids is 1. The smallest absolute Gasteiger partial charge is 0.287 e. The highest BCUT2D eigenvalue weighted by Crippen LogP contribution is 2.16. The van der Waals surface area contributed by atoms with Crippen molar-refractivity contribution in [2.45, 2.75) is 32.2 Å². The van der Waals surface area contributed by atoms with Gasteiger partial charge in [-0.15, -0.1) is 11.6 Å². The third-order valence-electron chi connectivity index (χ3n) is 2.44. The standard InChI is InChI=1S/C11H16ClNO3/c1-3-9(6-14)13-11(15)10-4-8(5-12)7(2)16-10/h4,9,14H,3,5-6H2,1-2H3,(H,13,15). The highest BCUT2D eigenvalue weighted by molar-refractivity contribution is 6.17. The molecule has 1 amide bonds. The minimum Gasteiger partial charge on any atom is -0.456 e. The molecule has 0 bridgehead atoms. The molecule has 0 saturated carbocycles. The average molecular weight is 246 g/mol. The first-order valence-electron chi connectivity index (χ1n) is 5.19. The number of hydrogen-bond acceptors (Lipinski definition) is 3. The Morgan fingerprint density at radius 2 is 2.38 bits per heavy atom. The van der Waals surface area contributed by atoms with Crippen LogP contribution in [0.4, 0.5) is 0 Å². The van der Waals surface area contributed by atoms with Crippen LogP contribution in [0.25, 0.3) is 0 Å². The highest BCUT2D eigenvalue weighted by Gasteiger charge is 2.16. The lowest BCUT2D eigenvalue weighted by atomic mass is 10.2. The van der Waals surface area contributed by atoms with Crippen molar-refractivity contribution in [3.63, 3.8) is 0 Å². The lowest BCUT2D eigenvalue weighted by Gasteiger charge is -2.12. The van der Waals surface area contributed by atoms with Gasteiger partial charge in [0.1, 0.15) is 5.76 Å². The van der Waals surface area contributed by atoms with Gasteiger partial charge in [-0.2, -0.15) is 0 Å². The van der Waals surface area contributed by atoms with Gasteiger partial charge < -0.3 is 14.8 Å². The molecule has 1 atom stereocenters. The van der Waals surface area contributed by atoms with Crippen LogP contribution in [0.2, 0.25) is 0 Å². The van der Waals surface area contributed by atoms with Crippen LogP contribution in [0.5, 0.6) is 0 Å². The van der Waals surface area contributed by atoms with Crippen LogP contribution in [0.3, 0.4) is 0 Å². The third-order valence-corrected chi connectivity index (χ3v) is 2.72. The summed E-state index contributed by atoms with van der Waals surface area (Å²) in [6.07, 6.45) is 0.671. The summed E-state index contributed by atoms with van der Waals surface area (Å²) in [6.45, 7) is 3.57. The van der Waals surface area contributed by atoms with Gasteiger partial charge in [0, 0.05) is 5.56 Å². The Kier molecular flexibility index (Phi) is 4.83. The number of hydrogen-bond donors (Lipinski definition) is 2. The molecule has 16 heavy (non-hydrogen) atoms. The van der Waals surface area contributed by atoms with Gasteiger partial charge in [0.25, 0.3) is 5.91 Å². The van der Waals surface area contributed by atoms with Crippen LogP contribution in [0.1, 0.15) is 35.2 Å². The third kappa shape index (κ3) is 3.00. The number of nitrogens with one attached hydrogen (secondary N) is 1. The minimum absolute atomic E-state index is 0.0791. The first kappa shape index (κ1) is 13.1. The monoisotopic (exact) mass is 245 g/mol. The topological polar surface area (TPSA) is 62.5 Å². The van der Waals surface area contributed by atoms with E-state index in [1.54, 1.807) is 13.0 Å². The average Bonchev–Trinajstić information content (AvgIpc) is 2.67. The molecule has 90 valence electrons. The van der Waals surface area contributed by atoms with Crippen molar-refractivity contribution in [3.8, 4) is 0 Å². The first-order chi connectivity index (χ1) is 7.62. The molecule has 0 saturated heterocycles. The fraction of sp³-hybridized carbons (Fsp3) is 0.545. The van der Waals surface area contributed by atoms with Gasteiger partial charge in [0.05, 0.1) is 18.5 Å². The van der Waals surface area contributed by atoms with Crippen molar-refractivity contribution < 1.29 is 14.3 Å². The Hall–Kier alpha value is -1.00. The van der Waals surface area contributed by atoms with Crippen molar-refractivity contribution in [2.24, 2.45) is 0 Å². The Balaban J connectivity index is 2.72. The van der Waals surface area contributed by atoms with Gasteiger partial charge in [0.2, 0.25) is 0 Å². The summed E-state index contributed by atoms with van der Waals surface area (Å²) < 4.78 is 5.28. The Bertz CT molecular complexity index is 358. The number of aryl methyl sites for hydroxylation is 1. The molecule has 1 unspecified atom stereocenters. The number of aliphatic hydroxyl groups is 1. The summed E-state index contributed by atoms with van der Waals surface area (Å²) in [5.41, 5.74) is 0.809. The zero-order valence-corrected chi connectivity index (χ0v) is 10.2. The summed E-state index contributed by atoms with van der Waals surface area (Å²) in [7, 11) is 0. The van der Waals surface area contributed by atoms with E-state index in [1.165, 1.54) is 0 Å². The molecule has 5 heteroatoms. The van der Waals surface area contributed by atoms with E-state index in [2.05, 4.69) is 5.32 Å². The SMILES string of the molecule is CCC(CO)NC(=O)c1cc(CCl)c(C)o1. The van der Waals surface area contributed by atoms with Crippen LogP contribution >= 0.6 is 11.6 Å². The molecular weight excluding hydrogens is 230 g/mol. The van der Waals surface area contributed by atoms with E-state index in [4.69, 9.17) is 21.1 Å². The van der Waals surface area contributed by atoms with Crippen molar-refractivity contribution in [2.75, 3.05) is 6.61 Å². The predicted molar refractivity (Wildman–Crippen MR) is 61.6 cm³/mol. The van der Waals surface area contributed by atoms with E-state index in [1.807, 2.05) is 6.92 Å². The maximum Gasteiger partial charge on any atom is 0.287 e. The molecule has 0 aliphatic heterocycles. The molecule has 1 aromatic rings. The Morgan fingerprint density at radius 1 is 1.69 bits per heavy atom. The van der Waals surface area contributed by atoms with Crippen molar-refractivity contribution in [3.05, 3.63) is 23.2 Å². The van der Waals surface area contributed by atoms with Crippen LogP contribution in [-0.2, 0) is 5.88 Å². The molecule has 0 fully saturated rings. The second-order valence-electron chi connectivity index (χ2n) is 3.59. The van der Waals surface area contributed by atoms with E-state index in [9.17, 15) is 4.79 Å². The number of aliphatic hydroxyl groups excluding tert-OH is 1. The molecule has 1 heterocycles. The second kappa shape index (κ2) is 5.92. The Morgan fingerprint density at radius 3 is 2.81 bits per heavy atom. The normalized spacial score (nSPS) is 12.5. The second-order valence-corrected chi connectivity index (χ2v) is 3.85. The van der Waals surface area contributed by atoms with E-state index < -0.39 is 0 Å². The number of furan rings is 1. The summed E-state index contributed by atoms with van der Waals surface area (Å²) in [4.78, 5) is 11.7. The van der Waals surface area contributed by atoms with Crippen molar-refractivity contribution in [1.29, 1.82) is 0 Å². The van der Waals surface area contributed by atoms with Gasteiger partial charge in [-0.3, -0.25) is 4.79 Å². The van der Waals surface area contributed by atoms with Gasteiger partial charge in [-0.25, -0.2) is 0 Å². The zero-order chi connectivity index (χ0) is 12.1. The molecule has 0 aliphatic rings. The lowest BCUT2D eigenvalue weighted by molar-refractivity contribution is 0.0885. The summed E-state index contributed by atoms with van der Waals surface area (Å²) in [5, 5.41) is 11.6. The molecule has 0 radical (unpaired) electrons. The molecular formula is C11H16ClNO3. The van der Waals surface area contributed by atoms with E-state index in [-0.39, 0.29) is 24.3 Å². The number of amides is 1. The summed E-state index contributed by atoms with van der Waals surface area (Å²) >= 11 is 5.68. The van der Waals surface area contributed by atoms with E-state index >= 15 is 0 Å². The number of halogens is 1. The van der Waals surface area contributed by atoms with Crippen LogP contribution < -0.4 is 5.32 Å². The predicted octanol–water partition coefficient (Wildman–Crippen LogP) is 1.83. The molecule has 2 N–H and O–H groups in total. The van der Waals surface area contributed by atoms with Crippen LogP contribution in [0.15, 0.2) is 10.5 Å². The summed E-state index contributed by atoms with van der Waals surface area (Å²) in [5.74, 6) is 0.887. The number of alkyl halides is 1. The maximum atomic E-state index is 11.7. The molecule has 1 aromatic heterocycles. The molecule has 4 nitrogen and oxygen atoms in total. The van der Waals surface area contributed by atoms with Gasteiger partial charge in [-0.05, 0) is 19.4 Å². The minimum atomic E-state index is -0.319. The highest BCUT2D eigenvalue weighted by atomic mass is 35.5. The quantitative estimate of drug-likeness (QED) is 0.778. The maximum absolute atomic E-state index is 11.7. The van der Waals surface area contributed by atoms with Gasteiger partial charge in [-0.1, -0.05) is 6.92 Å². The molecule has 0 aromatic carbocycles. The molecule has 1 rings (SSSR count). The number of rotatable bonds is 5. The Labute approximate surface area is 99.6 Å². The fourth-order valence-corrected chi connectivity index (χ4v) is 1.56. The molecule has 0 aliphatic carbocycles. The largest absolute Gasteiger partial charge is 0.456 e. The first-order valence-corrected chi connectivity index (χ1v) is 5.72. The number of carbonyl (C=O) groups is 1. The van der Waals surface area contributed by atoms with Crippen molar-refractivity contribution in [1.82, 2.24) is 5.32 Å². The summed E-state index contributed by atoms with van der Waals surface area (Å²) in [6, 6.07) is 1.39. The van der Waals surface area contributed by atoms with Crippen molar-refractivity contribution >= 4 is 17.5 Å². The fourth-order valence-electron chi connectivity index (χ4n) is 1.30. The van der Waals surface area contributed by atoms with Crippen LogP contribution in [0, 0.1) is 6.92 Å². The lowest BCUT2D eigenvalue weighted by Crippen LogP contribution is -2.36. The van der Waals surface area contributed by atoms with Gasteiger partial charge in [0.15, 0.2) is 5.76 Å².